The molecule has 1 aromatic rings. The van der Waals surface area contributed by atoms with Crippen LogP contribution in [-0.2, 0) is 0 Å². The lowest BCUT2D eigenvalue weighted by atomic mass is 10.2. The number of ether oxygens (including phenoxy) is 1. The number of anilines is 2. The predicted molar refractivity (Wildman–Crippen MR) is 45.0 cm³/mol. The van der Waals surface area contributed by atoms with E-state index in [-0.39, 0.29) is 10.9 Å². The van der Waals surface area contributed by atoms with Gasteiger partial charge in [-0.1, -0.05) is 0 Å². The largest absolute Gasteiger partial charge is 0.733 e. The Hall–Kier alpha value is -1.46. The first-order valence-electron chi connectivity index (χ1n) is 3.25. The summed E-state index contributed by atoms with van der Waals surface area (Å²) in [5, 5.41) is 18.6. The second kappa shape index (κ2) is 3.29. The molecule has 0 fully saturated rings. The third-order valence-electron chi connectivity index (χ3n) is 1.43. The van der Waals surface area contributed by atoms with E-state index >= 15 is 0 Å². The van der Waals surface area contributed by atoms with E-state index in [0.717, 1.165) is 0 Å². The van der Waals surface area contributed by atoms with Crippen LogP contribution in [0.1, 0.15) is 0 Å². The quantitative estimate of drug-likeness (QED) is 0.509. The second-order valence-corrected chi connectivity index (χ2v) is 2.20. The van der Waals surface area contributed by atoms with Crippen LogP contribution in [0.15, 0.2) is 18.2 Å². The van der Waals surface area contributed by atoms with Gasteiger partial charge in [-0.05, 0) is 18.2 Å². The molecule has 0 aromatic heterocycles. The van der Waals surface area contributed by atoms with Crippen molar-refractivity contribution in [3.05, 3.63) is 23.4 Å². The van der Waals surface area contributed by atoms with Gasteiger partial charge in [0.1, 0.15) is 5.75 Å². The van der Waals surface area contributed by atoms with E-state index in [1.165, 1.54) is 25.3 Å². The van der Waals surface area contributed by atoms with Crippen LogP contribution in [0.3, 0.4) is 0 Å². The average molecular weight is 169 g/mol. The molecule has 5 heteroatoms. The van der Waals surface area contributed by atoms with Gasteiger partial charge in [-0.15, -0.1) is 0 Å². The van der Waals surface area contributed by atoms with Crippen molar-refractivity contribution in [1.82, 2.24) is 0 Å². The highest BCUT2D eigenvalue weighted by Gasteiger charge is 1.99. The lowest BCUT2D eigenvalue weighted by molar-refractivity contribution is 0.296. The zero-order valence-electron chi connectivity index (χ0n) is 6.52. The first-order valence-corrected chi connectivity index (χ1v) is 3.25. The van der Waals surface area contributed by atoms with Gasteiger partial charge in [0.25, 0.3) is 0 Å². The first-order chi connectivity index (χ1) is 5.65. The summed E-state index contributed by atoms with van der Waals surface area (Å²) in [5.74, 6) is 0.473. The van der Waals surface area contributed by atoms with E-state index in [2.05, 4.69) is 0 Å². The van der Waals surface area contributed by atoms with Crippen LogP contribution in [0.25, 0.3) is 0 Å². The summed E-state index contributed by atoms with van der Waals surface area (Å²) in [7, 11) is 1.47. The molecule has 0 aliphatic carbocycles. The van der Waals surface area contributed by atoms with Crippen molar-refractivity contribution in [2.45, 2.75) is 0 Å². The molecule has 3 N–H and O–H groups in total. The number of nitrogens with zero attached hydrogens (tertiary/aromatic N) is 1. The molecule has 0 bridgehead atoms. The molecular weight excluding hydrogens is 160 g/mol. The summed E-state index contributed by atoms with van der Waals surface area (Å²) in [4.78, 5) is 0. The van der Waals surface area contributed by atoms with Crippen LogP contribution >= 0.6 is 0 Å². The van der Waals surface area contributed by atoms with Crippen molar-refractivity contribution in [3.8, 4) is 5.75 Å². The van der Waals surface area contributed by atoms with E-state index in [1.54, 1.807) is 0 Å². The third kappa shape index (κ3) is 1.58. The molecule has 0 spiro atoms. The highest BCUT2D eigenvalue weighted by molar-refractivity contribution is 5.62. The van der Waals surface area contributed by atoms with E-state index in [9.17, 15) is 5.21 Å². The van der Waals surface area contributed by atoms with Gasteiger partial charge >= 0.3 is 0 Å². The zero-order valence-corrected chi connectivity index (χ0v) is 6.52. The Labute approximate surface area is 69.5 Å². The van der Waals surface area contributed by atoms with Crippen LogP contribution in [0, 0.1) is 5.21 Å². The number of methoxy groups -OCH3 is 1. The Morgan fingerprint density at radius 2 is 2.25 bits per heavy atom. The van der Waals surface area contributed by atoms with Gasteiger partial charge in [0.2, 0.25) is 0 Å². The zero-order chi connectivity index (χ0) is 9.14. The van der Waals surface area contributed by atoms with Crippen LogP contribution < -0.4 is 15.7 Å². The van der Waals surface area contributed by atoms with Crippen LogP contribution in [0.2, 0.25) is 0 Å². The van der Waals surface area contributed by atoms with Crippen molar-refractivity contribution in [1.29, 1.82) is 0 Å². The molecule has 0 atom stereocenters. The Morgan fingerprint density at radius 3 is 2.67 bits per heavy atom. The number of benzene rings is 1. The molecule has 1 rings (SSSR count). The van der Waals surface area contributed by atoms with Gasteiger partial charge in [-0.25, -0.2) is 0 Å². The number of rotatable bonds is 2. The van der Waals surface area contributed by atoms with Gasteiger partial charge in [-0.3, -0.25) is 5.21 Å². The molecule has 66 valence electrons. The molecule has 5 nitrogen and oxygen atoms in total. The van der Waals surface area contributed by atoms with Gasteiger partial charge in [-0.2, -0.15) is 0 Å². The molecule has 0 heterocycles. The number of nitrogens with two attached hydrogens (primary N) is 1. The number of nitrogen functional groups attached to an aromatic ring is 1. The molecule has 0 saturated heterocycles. The lowest BCUT2D eigenvalue weighted by Crippen LogP contribution is -2.07. The molecule has 0 aliphatic heterocycles. The minimum atomic E-state index is -0.254. The Kier molecular flexibility index (Phi) is 2.37. The van der Waals surface area contributed by atoms with Crippen LogP contribution in [-0.4, -0.2) is 12.3 Å². The van der Waals surface area contributed by atoms with Crippen molar-refractivity contribution < 1.29 is 9.94 Å². The number of hydrogen-bond donors (Lipinski definition) is 2. The maximum Gasteiger partial charge on any atom is 0.141 e. The summed E-state index contributed by atoms with van der Waals surface area (Å²) in [5.41, 5.74) is 5.86. The van der Waals surface area contributed by atoms with Crippen molar-refractivity contribution in [2.24, 2.45) is 0 Å². The molecule has 1 aromatic carbocycles. The highest BCUT2D eigenvalue weighted by atomic mass is 16.8. The average Bonchev–Trinajstić information content (AvgIpc) is 2.04. The van der Waals surface area contributed by atoms with E-state index < -0.39 is 0 Å². The summed E-state index contributed by atoms with van der Waals surface area (Å²) in [6.07, 6.45) is 0. The van der Waals surface area contributed by atoms with Crippen molar-refractivity contribution in [3.63, 3.8) is 0 Å². The monoisotopic (exact) mass is 169 g/mol. The molecule has 0 aliphatic rings. The fraction of sp³-hybridized carbons (Fsp3) is 0.143. The summed E-state index contributed by atoms with van der Waals surface area (Å²) >= 11 is 0. The molecular formula is C7H9N2O3-. The van der Waals surface area contributed by atoms with Gasteiger partial charge in [0.15, 0.2) is 0 Å². The van der Waals surface area contributed by atoms with Gasteiger partial charge < -0.3 is 20.9 Å². The predicted octanol–water partition coefficient (Wildman–Crippen LogP) is 0.971. The van der Waals surface area contributed by atoms with Gasteiger partial charge in [0, 0.05) is 0 Å². The molecule has 12 heavy (non-hydrogen) atoms. The van der Waals surface area contributed by atoms with Crippen LogP contribution in [0.4, 0.5) is 11.4 Å². The summed E-state index contributed by atoms with van der Waals surface area (Å²) in [6, 6.07) is 4.24. The summed E-state index contributed by atoms with van der Waals surface area (Å²) < 4.78 is 4.85. The minimum absolute atomic E-state index is 0.0771. The van der Waals surface area contributed by atoms with E-state index in [4.69, 9.17) is 15.7 Å². The van der Waals surface area contributed by atoms with Crippen LogP contribution in [0.5, 0.6) is 5.75 Å². The Balaban J connectivity index is 3.02. The third-order valence-corrected chi connectivity index (χ3v) is 1.43. The normalized spacial score (nSPS) is 9.58. The highest BCUT2D eigenvalue weighted by Crippen LogP contribution is 2.25. The second-order valence-electron chi connectivity index (χ2n) is 2.20. The molecule has 0 saturated carbocycles. The van der Waals surface area contributed by atoms with Crippen molar-refractivity contribution in [2.75, 3.05) is 18.1 Å². The van der Waals surface area contributed by atoms with Gasteiger partial charge in [0.05, 0.1) is 18.5 Å². The first kappa shape index (κ1) is 8.63. The SMILES string of the molecule is COc1ccc(N([O-])O)cc1N. The maximum absolute atomic E-state index is 10.4. The standard InChI is InChI=1S/C7H9N2O3/c1-12-7-3-2-5(9(10)11)4-6(7)8/h2-4,10H,8H2,1H3/q-1. The number of hydrogen-bond acceptors (Lipinski definition) is 5. The maximum atomic E-state index is 10.4. The fourth-order valence-corrected chi connectivity index (χ4v) is 0.841. The van der Waals surface area contributed by atoms with Crippen molar-refractivity contribution >= 4 is 11.4 Å². The van der Waals surface area contributed by atoms with E-state index in [0.29, 0.717) is 11.4 Å². The lowest BCUT2D eigenvalue weighted by Gasteiger charge is -2.22. The molecule has 0 unspecified atom stereocenters. The molecule has 0 radical (unpaired) electrons. The fourth-order valence-electron chi connectivity index (χ4n) is 0.841. The summed E-state index contributed by atoms with van der Waals surface area (Å²) in [6.45, 7) is 0. The minimum Gasteiger partial charge on any atom is -0.733 e. The Bertz CT molecular complexity index is 275. The van der Waals surface area contributed by atoms with E-state index in [1.807, 2.05) is 0 Å². The topological polar surface area (TPSA) is 81.8 Å². The molecule has 0 amide bonds. The smallest absolute Gasteiger partial charge is 0.141 e. The Morgan fingerprint density at radius 1 is 1.58 bits per heavy atom.